The molecule has 3 heteroatoms. The first kappa shape index (κ1) is 15.8. The van der Waals surface area contributed by atoms with Crippen LogP contribution in [0.4, 0.5) is 0 Å². The van der Waals surface area contributed by atoms with Gasteiger partial charge in [-0.05, 0) is 38.1 Å². The third kappa shape index (κ3) is 4.21. The fourth-order valence-electron chi connectivity index (χ4n) is 3.91. The van der Waals surface area contributed by atoms with Gasteiger partial charge < -0.3 is 10.6 Å². The Kier molecular flexibility index (Phi) is 6.34. The molecule has 1 unspecified atom stereocenters. The monoisotopic (exact) mass is 280 g/mol. The van der Waals surface area contributed by atoms with Crippen LogP contribution < -0.4 is 5.73 Å². The van der Waals surface area contributed by atoms with Gasteiger partial charge in [0.05, 0.1) is 0 Å². The molecule has 1 amide bonds. The summed E-state index contributed by atoms with van der Waals surface area (Å²) < 4.78 is 0. The molecule has 2 rings (SSSR count). The van der Waals surface area contributed by atoms with Crippen LogP contribution in [0.2, 0.25) is 0 Å². The summed E-state index contributed by atoms with van der Waals surface area (Å²) in [4.78, 5) is 15.1. The molecule has 0 aromatic carbocycles. The number of amides is 1. The van der Waals surface area contributed by atoms with E-state index in [1.165, 1.54) is 64.2 Å². The summed E-state index contributed by atoms with van der Waals surface area (Å²) in [5.41, 5.74) is 5.71. The van der Waals surface area contributed by atoms with E-state index >= 15 is 0 Å². The van der Waals surface area contributed by atoms with Crippen LogP contribution in [0.5, 0.6) is 0 Å². The molecule has 0 spiro atoms. The standard InChI is InChI=1S/C17H32N2O/c1-14(13-18)12-17(20)19(15-8-4-2-5-9-15)16-10-6-3-7-11-16/h14-16H,2-13,18H2,1H3. The Bertz CT molecular complexity index is 275. The third-order valence-electron chi connectivity index (χ3n) is 5.15. The smallest absolute Gasteiger partial charge is 0.223 e. The molecule has 116 valence electrons. The summed E-state index contributed by atoms with van der Waals surface area (Å²) in [5, 5.41) is 0. The Hall–Kier alpha value is -0.570. The molecule has 20 heavy (non-hydrogen) atoms. The van der Waals surface area contributed by atoms with Crippen molar-refractivity contribution in [3.63, 3.8) is 0 Å². The Balaban J connectivity index is 2.03. The molecule has 0 heterocycles. The molecule has 2 aliphatic carbocycles. The molecule has 0 bridgehead atoms. The minimum atomic E-state index is 0.317. The molecule has 2 N–H and O–H groups in total. The van der Waals surface area contributed by atoms with Gasteiger partial charge in [0.25, 0.3) is 0 Å². The topological polar surface area (TPSA) is 46.3 Å². The lowest BCUT2D eigenvalue weighted by atomic mass is 9.88. The molecule has 3 nitrogen and oxygen atoms in total. The van der Waals surface area contributed by atoms with E-state index in [4.69, 9.17) is 5.73 Å². The average molecular weight is 280 g/mol. The molecule has 2 fully saturated rings. The van der Waals surface area contributed by atoms with Gasteiger partial charge in [0, 0.05) is 18.5 Å². The quantitative estimate of drug-likeness (QED) is 0.838. The van der Waals surface area contributed by atoms with Gasteiger partial charge in [0.2, 0.25) is 5.91 Å². The van der Waals surface area contributed by atoms with E-state index in [-0.39, 0.29) is 0 Å². The number of nitrogens with zero attached hydrogens (tertiary/aromatic N) is 1. The Morgan fingerprint density at radius 3 is 1.85 bits per heavy atom. The highest BCUT2D eigenvalue weighted by Gasteiger charge is 2.32. The summed E-state index contributed by atoms with van der Waals surface area (Å²) >= 11 is 0. The van der Waals surface area contributed by atoms with Crippen molar-refractivity contribution in [1.82, 2.24) is 4.90 Å². The normalized spacial score (nSPS) is 23.5. The Morgan fingerprint density at radius 1 is 1.00 bits per heavy atom. The van der Waals surface area contributed by atoms with Crippen molar-refractivity contribution in [1.29, 1.82) is 0 Å². The summed E-state index contributed by atoms with van der Waals surface area (Å²) in [6, 6.07) is 1.04. The van der Waals surface area contributed by atoms with E-state index in [1.807, 2.05) is 0 Å². The van der Waals surface area contributed by atoms with Crippen molar-refractivity contribution >= 4 is 5.91 Å². The average Bonchev–Trinajstić information content (AvgIpc) is 2.49. The molecule has 0 aliphatic heterocycles. The predicted molar refractivity (Wildman–Crippen MR) is 83.4 cm³/mol. The highest BCUT2D eigenvalue weighted by molar-refractivity contribution is 5.77. The van der Waals surface area contributed by atoms with Crippen LogP contribution in [-0.2, 0) is 4.79 Å². The SMILES string of the molecule is CC(CN)CC(=O)N(C1CCCCC1)C1CCCCC1. The van der Waals surface area contributed by atoms with Crippen molar-refractivity contribution in [3.8, 4) is 0 Å². The first-order chi connectivity index (χ1) is 9.72. The van der Waals surface area contributed by atoms with Crippen molar-refractivity contribution < 1.29 is 4.79 Å². The van der Waals surface area contributed by atoms with Crippen molar-refractivity contribution in [2.75, 3.05) is 6.54 Å². The lowest BCUT2D eigenvalue weighted by Crippen LogP contribution is -2.49. The van der Waals surface area contributed by atoms with Crippen molar-refractivity contribution in [3.05, 3.63) is 0 Å². The van der Waals surface area contributed by atoms with E-state index in [0.29, 0.717) is 36.9 Å². The van der Waals surface area contributed by atoms with Crippen LogP contribution in [0.15, 0.2) is 0 Å². The zero-order valence-electron chi connectivity index (χ0n) is 13.2. The fraction of sp³-hybridized carbons (Fsp3) is 0.941. The Labute approximate surface area is 124 Å². The maximum atomic E-state index is 12.8. The van der Waals surface area contributed by atoms with Crippen LogP contribution >= 0.6 is 0 Å². The molecule has 0 saturated heterocycles. The Morgan fingerprint density at radius 2 is 1.45 bits per heavy atom. The number of hydrogen-bond donors (Lipinski definition) is 1. The zero-order valence-corrected chi connectivity index (χ0v) is 13.2. The van der Waals surface area contributed by atoms with Gasteiger partial charge in [-0.3, -0.25) is 4.79 Å². The fourth-order valence-corrected chi connectivity index (χ4v) is 3.91. The molecular weight excluding hydrogens is 248 g/mol. The van der Waals surface area contributed by atoms with E-state index in [0.717, 1.165) is 0 Å². The summed E-state index contributed by atoms with van der Waals surface area (Å²) in [5.74, 6) is 0.693. The second kappa shape index (κ2) is 8.02. The first-order valence-corrected chi connectivity index (χ1v) is 8.73. The largest absolute Gasteiger partial charge is 0.337 e. The van der Waals surface area contributed by atoms with Gasteiger partial charge >= 0.3 is 0 Å². The lowest BCUT2D eigenvalue weighted by molar-refractivity contribution is -0.138. The maximum absolute atomic E-state index is 12.8. The molecular formula is C17H32N2O. The lowest BCUT2D eigenvalue weighted by Gasteiger charge is -2.42. The van der Waals surface area contributed by atoms with Crippen LogP contribution in [0, 0.1) is 5.92 Å². The number of carbonyl (C=O) groups excluding carboxylic acids is 1. The number of rotatable bonds is 5. The number of carbonyl (C=O) groups is 1. The van der Waals surface area contributed by atoms with Crippen LogP contribution in [0.1, 0.15) is 77.6 Å². The van der Waals surface area contributed by atoms with E-state index in [9.17, 15) is 4.79 Å². The number of hydrogen-bond acceptors (Lipinski definition) is 2. The second-order valence-corrected chi connectivity index (χ2v) is 6.93. The van der Waals surface area contributed by atoms with Crippen LogP contribution in [0.3, 0.4) is 0 Å². The van der Waals surface area contributed by atoms with Crippen LogP contribution in [-0.4, -0.2) is 29.4 Å². The molecule has 1 atom stereocenters. The van der Waals surface area contributed by atoms with Gasteiger partial charge in [-0.1, -0.05) is 45.4 Å². The van der Waals surface area contributed by atoms with Crippen LogP contribution in [0.25, 0.3) is 0 Å². The zero-order chi connectivity index (χ0) is 14.4. The van der Waals surface area contributed by atoms with Gasteiger partial charge in [0.15, 0.2) is 0 Å². The first-order valence-electron chi connectivity index (χ1n) is 8.73. The molecule has 0 aromatic rings. The molecule has 2 saturated carbocycles. The van der Waals surface area contributed by atoms with Crippen molar-refractivity contribution in [2.24, 2.45) is 11.7 Å². The van der Waals surface area contributed by atoms with Gasteiger partial charge in [-0.2, -0.15) is 0 Å². The summed E-state index contributed by atoms with van der Waals surface area (Å²) in [6.45, 7) is 2.72. The summed E-state index contributed by atoms with van der Waals surface area (Å²) in [6.07, 6.45) is 13.4. The minimum absolute atomic E-state index is 0.317. The number of nitrogens with two attached hydrogens (primary N) is 1. The van der Waals surface area contributed by atoms with Gasteiger partial charge in [0.1, 0.15) is 0 Å². The molecule has 2 aliphatic rings. The molecule has 0 aromatic heterocycles. The third-order valence-corrected chi connectivity index (χ3v) is 5.15. The van der Waals surface area contributed by atoms with E-state index in [1.54, 1.807) is 0 Å². The minimum Gasteiger partial charge on any atom is -0.337 e. The maximum Gasteiger partial charge on any atom is 0.223 e. The van der Waals surface area contributed by atoms with Gasteiger partial charge in [-0.25, -0.2) is 0 Å². The molecule has 0 radical (unpaired) electrons. The van der Waals surface area contributed by atoms with E-state index < -0.39 is 0 Å². The highest BCUT2D eigenvalue weighted by atomic mass is 16.2. The predicted octanol–water partition coefficient (Wildman–Crippen LogP) is 3.47. The highest BCUT2D eigenvalue weighted by Crippen LogP contribution is 2.31. The van der Waals surface area contributed by atoms with Crippen molar-refractivity contribution in [2.45, 2.75) is 89.6 Å². The summed E-state index contributed by atoms with van der Waals surface area (Å²) in [7, 11) is 0. The second-order valence-electron chi connectivity index (χ2n) is 6.93. The van der Waals surface area contributed by atoms with Gasteiger partial charge in [-0.15, -0.1) is 0 Å². The van der Waals surface area contributed by atoms with E-state index in [2.05, 4.69) is 11.8 Å².